The lowest BCUT2D eigenvalue weighted by molar-refractivity contribution is -0.153. The van der Waals surface area contributed by atoms with Gasteiger partial charge in [0.05, 0.1) is 11.3 Å². The second-order valence-electron chi connectivity index (χ2n) is 8.72. The summed E-state index contributed by atoms with van der Waals surface area (Å²) in [6.07, 6.45) is 1.37. The third-order valence-corrected chi connectivity index (χ3v) is 6.42. The normalized spacial score (nSPS) is 18.1. The van der Waals surface area contributed by atoms with Crippen LogP contribution in [-0.2, 0) is 20.8 Å². The number of likely N-dealkylation sites (N-methyl/N-ethyl adjacent to an activating group) is 1. The van der Waals surface area contributed by atoms with Crippen molar-refractivity contribution in [2.24, 2.45) is 0 Å². The Bertz CT molecular complexity index is 1240. The van der Waals surface area contributed by atoms with Crippen LogP contribution in [0.1, 0.15) is 41.0 Å². The van der Waals surface area contributed by atoms with Crippen LogP contribution in [0.3, 0.4) is 0 Å². The standard InChI is InChI=1S/C24H25BN4O8/c1-2-28-10-11-29(22(32)21(28)31)24(35)27-19(17-8-3-4-9-26-17)18(30)13-15-12-14-6-5-7-16(23(33)34)20(14)37-25(15)36/h3-9,15,19,36H,2,10-13H2,1H3,(H,27,35)(H,33,34)/t15-,19?/m1/s1. The molecule has 3 N–H and O–H groups in total. The number of aromatic nitrogens is 1. The average Bonchev–Trinajstić information content (AvgIpc) is 2.89. The van der Waals surface area contributed by atoms with E-state index >= 15 is 0 Å². The van der Waals surface area contributed by atoms with Gasteiger partial charge in [-0.2, -0.15) is 0 Å². The summed E-state index contributed by atoms with van der Waals surface area (Å²) in [6, 6.07) is 7.19. The van der Waals surface area contributed by atoms with Crippen molar-refractivity contribution in [1.82, 2.24) is 20.1 Å². The van der Waals surface area contributed by atoms with E-state index in [2.05, 4.69) is 10.3 Å². The number of hydrogen-bond acceptors (Lipinski definition) is 8. The van der Waals surface area contributed by atoms with E-state index in [9.17, 15) is 34.1 Å². The molecular weight excluding hydrogens is 483 g/mol. The Kier molecular flexibility index (Phi) is 7.53. The maximum absolute atomic E-state index is 13.4. The van der Waals surface area contributed by atoms with Gasteiger partial charge < -0.3 is 25.0 Å². The third-order valence-electron chi connectivity index (χ3n) is 6.42. The monoisotopic (exact) mass is 508 g/mol. The molecule has 0 radical (unpaired) electrons. The molecule has 1 unspecified atom stereocenters. The van der Waals surface area contributed by atoms with Gasteiger partial charge in [-0.25, -0.2) is 9.59 Å². The fraction of sp³-hybridized carbons (Fsp3) is 0.333. The number of carboxylic acids is 1. The maximum atomic E-state index is 13.4. The highest BCUT2D eigenvalue weighted by Crippen LogP contribution is 2.37. The van der Waals surface area contributed by atoms with E-state index in [0.29, 0.717) is 12.1 Å². The molecule has 2 atom stereocenters. The maximum Gasteiger partial charge on any atom is 0.526 e. The first kappa shape index (κ1) is 25.8. The number of rotatable bonds is 7. The zero-order chi connectivity index (χ0) is 26.7. The summed E-state index contributed by atoms with van der Waals surface area (Å²) in [7, 11) is -1.46. The van der Waals surface area contributed by atoms with Gasteiger partial charge in [-0.05, 0) is 37.1 Å². The summed E-state index contributed by atoms with van der Waals surface area (Å²) in [5.74, 6) is -4.18. The minimum absolute atomic E-state index is 0.0226. The quantitative estimate of drug-likeness (QED) is 0.360. The molecule has 4 rings (SSSR count). The van der Waals surface area contributed by atoms with Crippen molar-refractivity contribution in [3.05, 3.63) is 59.4 Å². The molecule has 3 heterocycles. The van der Waals surface area contributed by atoms with Crippen molar-refractivity contribution >= 4 is 36.7 Å². The van der Waals surface area contributed by atoms with Crippen LogP contribution in [0.5, 0.6) is 5.75 Å². The van der Waals surface area contributed by atoms with Crippen molar-refractivity contribution in [3.8, 4) is 5.75 Å². The Hall–Kier alpha value is -4.26. The topological polar surface area (TPSA) is 166 Å². The number of hydrogen-bond donors (Lipinski definition) is 3. The molecule has 0 saturated carbocycles. The molecule has 1 aromatic heterocycles. The number of aromatic carboxylic acids is 1. The molecule has 2 aliphatic rings. The Morgan fingerprint density at radius 3 is 2.62 bits per heavy atom. The van der Waals surface area contributed by atoms with E-state index in [-0.39, 0.29) is 42.9 Å². The molecule has 1 fully saturated rings. The van der Waals surface area contributed by atoms with Crippen LogP contribution in [0.4, 0.5) is 4.79 Å². The lowest BCUT2D eigenvalue weighted by Gasteiger charge is -2.33. The molecular formula is C24H25BN4O8. The number of amides is 4. The first-order valence-corrected chi connectivity index (χ1v) is 11.8. The SMILES string of the molecule is CCN1CCN(C(=O)NC(C(=O)C[C@H]2Cc3cccc(C(=O)O)c3OB2O)c2ccccn2)C(=O)C1=O. The lowest BCUT2D eigenvalue weighted by Crippen LogP contribution is -2.58. The number of nitrogens with zero attached hydrogens (tertiary/aromatic N) is 3. The number of para-hydroxylation sites is 1. The summed E-state index contributed by atoms with van der Waals surface area (Å²) >= 11 is 0. The van der Waals surface area contributed by atoms with Crippen LogP contribution in [0, 0.1) is 0 Å². The number of imide groups is 1. The minimum atomic E-state index is -1.46. The number of piperazine rings is 1. The summed E-state index contributed by atoms with van der Waals surface area (Å²) in [5, 5.41) is 22.5. The Balaban J connectivity index is 1.52. The number of benzene rings is 1. The molecule has 0 bridgehead atoms. The fourth-order valence-electron chi connectivity index (χ4n) is 4.44. The Morgan fingerprint density at radius 2 is 1.95 bits per heavy atom. The van der Waals surface area contributed by atoms with E-state index in [1.165, 1.54) is 23.2 Å². The molecule has 13 heteroatoms. The number of urea groups is 1. The van der Waals surface area contributed by atoms with Crippen LogP contribution in [0.15, 0.2) is 42.6 Å². The van der Waals surface area contributed by atoms with Gasteiger partial charge in [0.1, 0.15) is 11.8 Å². The average molecular weight is 508 g/mol. The number of pyridine rings is 1. The van der Waals surface area contributed by atoms with Crippen LogP contribution in [0.25, 0.3) is 0 Å². The van der Waals surface area contributed by atoms with E-state index < -0.39 is 48.6 Å². The predicted molar refractivity (Wildman–Crippen MR) is 129 cm³/mol. The fourth-order valence-corrected chi connectivity index (χ4v) is 4.44. The second-order valence-corrected chi connectivity index (χ2v) is 8.72. The first-order valence-electron chi connectivity index (χ1n) is 11.8. The minimum Gasteiger partial charge on any atom is -0.535 e. The van der Waals surface area contributed by atoms with Crippen LogP contribution in [-0.4, -0.2) is 81.3 Å². The van der Waals surface area contributed by atoms with Gasteiger partial charge in [0.15, 0.2) is 5.78 Å². The summed E-state index contributed by atoms with van der Waals surface area (Å²) in [5.41, 5.74) is 0.647. The molecule has 12 nitrogen and oxygen atoms in total. The van der Waals surface area contributed by atoms with E-state index in [1.807, 2.05) is 0 Å². The van der Waals surface area contributed by atoms with Gasteiger partial charge in [-0.3, -0.25) is 24.3 Å². The van der Waals surface area contributed by atoms with Crippen molar-refractivity contribution in [3.63, 3.8) is 0 Å². The Morgan fingerprint density at radius 1 is 1.16 bits per heavy atom. The number of nitrogens with one attached hydrogen (secondary N) is 1. The number of fused-ring (bicyclic) bond motifs is 1. The summed E-state index contributed by atoms with van der Waals surface area (Å²) in [6.45, 7) is 2.21. The van der Waals surface area contributed by atoms with Crippen LogP contribution >= 0.6 is 0 Å². The molecule has 4 amide bonds. The van der Waals surface area contributed by atoms with Crippen LogP contribution in [0.2, 0.25) is 5.82 Å². The van der Waals surface area contributed by atoms with E-state index in [0.717, 1.165) is 4.90 Å². The lowest BCUT2D eigenvalue weighted by atomic mass is 9.64. The summed E-state index contributed by atoms with van der Waals surface area (Å²) < 4.78 is 5.47. The number of Topliss-reactive ketones (excluding diaryl/α,β-unsaturated/α-hetero) is 1. The van der Waals surface area contributed by atoms with Crippen molar-refractivity contribution in [2.75, 3.05) is 19.6 Å². The number of ketones is 1. The van der Waals surface area contributed by atoms with Gasteiger partial charge in [0.2, 0.25) is 0 Å². The van der Waals surface area contributed by atoms with E-state index in [4.69, 9.17) is 4.65 Å². The molecule has 2 aliphatic heterocycles. The molecule has 0 aliphatic carbocycles. The largest absolute Gasteiger partial charge is 0.535 e. The van der Waals surface area contributed by atoms with Gasteiger partial charge in [0.25, 0.3) is 0 Å². The summed E-state index contributed by atoms with van der Waals surface area (Å²) in [4.78, 5) is 68.8. The van der Waals surface area contributed by atoms with Gasteiger partial charge in [-0.1, -0.05) is 18.2 Å². The van der Waals surface area contributed by atoms with Gasteiger partial charge in [-0.15, -0.1) is 0 Å². The zero-order valence-electron chi connectivity index (χ0n) is 20.0. The molecule has 1 saturated heterocycles. The highest BCUT2D eigenvalue weighted by Gasteiger charge is 2.41. The van der Waals surface area contributed by atoms with Gasteiger partial charge in [0, 0.05) is 38.1 Å². The third kappa shape index (κ3) is 5.31. The molecule has 2 aromatic rings. The zero-order valence-corrected chi connectivity index (χ0v) is 20.0. The number of carbonyl (C=O) groups excluding carboxylic acids is 4. The van der Waals surface area contributed by atoms with Crippen LogP contribution < -0.4 is 9.97 Å². The molecule has 37 heavy (non-hydrogen) atoms. The van der Waals surface area contributed by atoms with Crippen molar-refractivity contribution < 1.29 is 38.8 Å². The van der Waals surface area contributed by atoms with E-state index in [1.54, 1.807) is 31.2 Å². The number of carbonyl (C=O) groups is 5. The predicted octanol–water partition coefficient (Wildman–Crippen LogP) is 0.666. The first-order chi connectivity index (χ1) is 17.7. The highest BCUT2D eigenvalue weighted by molar-refractivity contribution is 6.47. The van der Waals surface area contributed by atoms with Crippen molar-refractivity contribution in [2.45, 2.75) is 31.6 Å². The second kappa shape index (κ2) is 10.8. The smallest absolute Gasteiger partial charge is 0.526 e. The Labute approximate surface area is 212 Å². The van der Waals surface area contributed by atoms with Crippen molar-refractivity contribution in [1.29, 1.82) is 0 Å². The molecule has 1 aromatic carbocycles. The van der Waals surface area contributed by atoms with Gasteiger partial charge >= 0.3 is 30.9 Å². The highest BCUT2D eigenvalue weighted by atomic mass is 16.5. The molecule has 192 valence electrons. The number of carboxylic acid groups (broad SMARTS) is 1. The molecule has 0 spiro atoms.